The number of likely N-dealkylation sites (tertiary alicyclic amines) is 1. The minimum Gasteiger partial charge on any atom is -0.349 e. The van der Waals surface area contributed by atoms with Gasteiger partial charge in [-0.05, 0) is 62.5 Å². The van der Waals surface area contributed by atoms with E-state index in [4.69, 9.17) is 0 Å². The van der Waals surface area contributed by atoms with Crippen LogP contribution in [-0.2, 0) is 11.3 Å². The lowest BCUT2D eigenvalue weighted by Crippen LogP contribution is -2.41. The molecule has 3 rings (SSSR count). The molecule has 1 atom stereocenters. The average Bonchev–Trinajstić information content (AvgIpc) is 2.69. The molecular weight excluding hydrogens is 400 g/mol. The van der Waals surface area contributed by atoms with Crippen molar-refractivity contribution in [2.45, 2.75) is 45.7 Å². The highest BCUT2D eigenvalue weighted by atomic mass is 79.9. The molecule has 0 aromatic heterocycles. The summed E-state index contributed by atoms with van der Waals surface area (Å²) in [4.78, 5) is 15.2. The zero-order chi connectivity index (χ0) is 19.2. The van der Waals surface area contributed by atoms with Crippen molar-refractivity contribution in [3.63, 3.8) is 0 Å². The highest BCUT2D eigenvalue weighted by Crippen LogP contribution is 2.23. The number of halogens is 1. The maximum Gasteiger partial charge on any atom is 0.223 e. The lowest BCUT2D eigenvalue weighted by atomic mass is 9.94. The van der Waals surface area contributed by atoms with Crippen LogP contribution in [0.4, 0.5) is 0 Å². The first-order valence-corrected chi connectivity index (χ1v) is 10.7. The Labute approximate surface area is 171 Å². The van der Waals surface area contributed by atoms with E-state index in [-0.39, 0.29) is 17.9 Å². The SMILES string of the molecule is CCC(NC(=O)C1CCN(Cc2ccc(Br)cc2)CC1)c1ccc(C)cc1. The Morgan fingerprint density at radius 2 is 1.74 bits per heavy atom. The molecule has 144 valence electrons. The van der Waals surface area contributed by atoms with Gasteiger partial charge in [-0.15, -0.1) is 0 Å². The van der Waals surface area contributed by atoms with Gasteiger partial charge in [0.25, 0.3) is 0 Å². The van der Waals surface area contributed by atoms with Crippen molar-refractivity contribution in [1.82, 2.24) is 10.2 Å². The van der Waals surface area contributed by atoms with Crippen LogP contribution in [0.5, 0.6) is 0 Å². The number of benzene rings is 2. The number of piperidine rings is 1. The van der Waals surface area contributed by atoms with Crippen molar-refractivity contribution < 1.29 is 4.79 Å². The first-order valence-electron chi connectivity index (χ1n) is 9.89. The molecule has 27 heavy (non-hydrogen) atoms. The molecule has 1 aliphatic rings. The number of carbonyl (C=O) groups excluding carboxylic acids is 1. The number of carbonyl (C=O) groups is 1. The number of amides is 1. The van der Waals surface area contributed by atoms with Crippen LogP contribution in [-0.4, -0.2) is 23.9 Å². The summed E-state index contributed by atoms with van der Waals surface area (Å²) in [7, 11) is 0. The van der Waals surface area contributed by atoms with Gasteiger partial charge in [0.05, 0.1) is 6.04 Å². The maximum atomic E-state index is 12.8. The predicted molar refractivity (Wildman–Crippen MR) is 114 cm³/mol. The van der Waals surface area contributed by atoms with Gasteiger partial charge in [0.1, 0.15) is 0 Å². The zero-order valence-electron chi connectivity index (χ0n) is 16.2. The lowest BCUT2D eigenvalue weighted by Gasteiger charge is -2.32. The third-order valence-corrected chi connectivity index (χ3v) is 6.01. The fourth-order valence-electron chi connectivity index (χ4n) is 3.71. The van der Waals surface area contributed by atoms with E-state index in [0.717, 1.165) is 43.4 Å². The van der Waals surface area contributed by atoms with Crippen LogP contribution in [0.2, 0.25) is 0 Å². The van der Waals surface area contributed by atoms with Crippen molar-refractivity contribution >= 4 is 21.8 Å². The van der Waals surface area contributed by atoms with Gasteiger partial charge in [-0.25, -0.2) is 0 Å². The third kappa shape index (κ3) is 5.66. The lowest BCUT2D eigenvalue weighted by molar-refractivity contribution is -0.127. The molecule has 0 radical (unpaired) electrons. The highest BCUT2D eigenvalue weighted by molar-refractivity contribution is 9.10. The number of rotatable bonds is 6. The molecule has 3 nitrogen and oxygen atoms in total. The summed E-state index contributed by atoms with van der Waals surface area (Å²) in [6, 6.07) is 17.1. The molecule has 1 heterocycles. The second-order valence-corrected chi connectivity index (χ2v) is 8.47. The maximum absolute atomic E-state index is 12.8. The van der Waals surface area contributed by atoms with Crippen LogP contribution in [0.3, 0.4) is 0 Å². The standard InChI is InChI=1S/C23H29BrN2O/c1-3-22(19-8-4-17(2)5-9-19)25-23(27)20-12-14-26(15-13-20)16-18-6-10-21(24)11-7-18/h4-11,20,22H,3,12-16H2,1-2H3,(H,25,27). The summed E-state index contributed by atoms with van der Waals surface area (Å²) < 4.78 is 1.11. The Kier molecular flexibility index (Phi) is 7.08. The summed E-state index contributed by atoms with van der Waals surface area (Å²) in [5, 5.41) is 3.28. The summed E-state index contributed by atoms with van der Waals surface area (Å²) in [5.74, 6) is 0.344. The van der Waals surface area contributed by atoms with E-state index in [1.165, 1.54) is 16.7 Å². The van der Waals surface area contributed by atoms with Gasteiger partial charge in [-0.3, -0.25) is 9.69 Å². The summed E-state index contributed by atoms with van der Waals surface area (Å²) in [6.45, 7) is 7.14. The number of hydrogen-bond acceptors (Lipinski definition) is 2. The number of hydrogen-bond donors (Lipinski definition) is 1. The molecule has 1 aliphatic heterocycles. The van der Waals surface area contributed by atoms with E-state index in [9.17, 15) is 4.79 Å². The van der Waals surface area contributed by atoms with Crippen LogP contribution in [0, 0.1) is 12.8 Å². The van der Waals surface area contributed by atoms with Crippen LogP contribution >= 0.6 is 15.9 Å². The number of aryl methyl sites for hydroxylation is 1. The minimum atomic E-state index is 0.110. The molecular formula is C23H29BrN2O. The quantitative estimate of drug-likeness (QED) is 0.682. The summed E-state index contributed by atoms with van der Waals surface area (Å²) in [6.07, 6.45) is 2.79. The monoisotopic (exact) mass is 428 g/mol. The van der Waals surface area contributed by atoms with E-state index in [0.29, 0.717) is 0 Å². The van der Waals surface area contributed by atoms with Crippen molar-refractivity contribution in [1.29, 1.82) is 0 Å². The first kappa shape index (κ1) is 20.1. The van der Waals surface area contributed by atoms with Crippen molar-refractivity contribution in [3.8, 4) is 0 Å². The predicted octanol–water partition coefficient (Wildman–Crippen LogP) is 5.24. The Hall–Kier alpha value is -1.65. The third-order valence-electron chi connectivity index (χ3n) is 5.48. The molecule has 0 bridgehead atoms. The fourth-order valence-corrected chi connectivity index (χ4v) is 3.98. The molecule has 0 spiro atoms. The topological polar surface area (TPSA) is 32.3 Å². The second kappa shape index (κ2) is 9.52. The fraction of sp³-hybridized carbons (Fsp3) is 0.435. The van der Waals surface area contributed by atoms with Crippen molar-refractivity contribution in [3.05, 3.63) is 69.7 Å². The average molecular weight is 429 g/mol. The Balaban J connectivity index is 1.50. The zero-order valence-corrected chi connectivity index (χ0v) is 17.8. The van der Waals surface area contributed by atoms with E-state index >= 15 is 0 Å². The Morgan fingerprint density at radius 1 is 1.11 bits per heavy atom. The van der Waals surface area contributed by atoms with Gasteiger partial charge in [0, 0.05) is 16.9 Å². The minimum absolute atomic E-state index is 0.110. The number of nitrogens with one attached hydrogen (secondary N) is 1. The largest absolute Gasteiger partial charge is 0.349 e. The molecule has 1 amide bonds. The molecule has 2 aromatic rings. The molecule has 4 heteroatoms. The highest BCUT2D eigenvalue weighted by Gasteiger charge is 2.26. The molecule has 1 saturated heterocycles. The van der Waals surface area contributed by atoms with Gasteiger partial charge >= 0.3 is 0 Å². The molecule has 0 saturated carbocycles. The van der Waals surface area contributed by atoms with Crippen LogP contribution in [0.1, 0.15) is 48.9 Å². The molecule has 1 N–H and O–H groups in total. The Morgan fingerprint density at radius 3 is 2.33 bits per heavy atom. The van der Waals surface area contributed by atoms with Crippen molar-refractivity contribution in [2.24, 2.45) is 5.92 Å². The molecule has 1 unspecified atom stereocenters. The first-order chi connectivity index (χ1) is 13.0. The van der Waals surface area contributed by atoms with E-state index in [1.807, 2.05) is 0 Å². The molecule has 1 fully saturated rings. The van der Waals surface area contributed by atoms with Gasteiger partial charge in [0.15, 0.2) is 0 Å². The van der Waals surface area contributed by atoms with E-state index in [1.54, 1.807) is 0 Å². The summed E-state index contributed by atoms with van der Waals surface area (Å²) in [5.41, 5.74) is 3.77. The van der Waals surface area contributed by atoms with Crippen molar-refractivity contribution in [2.75, 3.05) is 13.1 Å². The van der Waals surface area contributed by atoms with Crippen LogP contribution in [0.15, 0.2) is 53.0 Å². The normalized spacial score (nSPS) is 16.9. The smallest absolute Gasteiger partial charge is 0.223 e. The van der Waals surface area contributed by atoms with Crippen LogP contribution in [0.25, 0.3) is 0 Å². The van der Waals surface area contributed by atoms with Crippen LogP contribution < -0.4 is 5.32 Å². The van der Waals surface area contributed by atoms with Gasteiger partial charge < -0.3 is 5.32 Å². The molecule has 0 aliphatic carbocycles. The van der Waals surface area contributed by atoms with Gasteiger partial charge in [-0.2, -0.15) is 0 Å². The van der Waals surface area contributed by atoms with E-state index in [2.05, 4.69) is 88.5 Å². The Bertz CT molecular complexity index is 734. The van der Waals surface area contributed by atoms with Gasteiger partial charge in [-0.1, -0.05) is 64.8 Å². The van der Waals surface area contributed by atoms with E-state index < -0.39 is 0 Å². The molecule has 2 aromatic carbocycles. The van der Waals surface area contributed by atoms with Gasteiger partial charge in [0.2, 0.25) is 5.91 Å². The summed E-state index contributed by atoms with van der Waals surface area (Å²) >= 11 is 3.48. The second-order valence-electron chi connectivity index (χ2n) is 7.56. The number of nitrogens with zero attached hydrogens (tertiary/aromatic N) is 1.